The highest BCUT2D eigenvalue weighted by atomic mass is 32.2. The minimum absolute atomic E-state index is 0.516. The lowest BCUT2D eigenvalue weighted by molar-refractivity contribution is 0.402. The van der Waals surface area contributed by atoms with Crippen LogP contribution in [0.3, 0.4) is 0 Å². The number of hydrogen-bond acceptors (Lipinski definition) is 3. The van der Waals surface area contributed by atoms with Crippen molar-refractivity contribution in [3.63, 3.8) is 0 Å². The Balaban J connectivity index is 2.36. The molecule has 1 aromatic rings. The van der Waals surface area contributed by atoms with Crippen molar-refractivity contribution in [3.05, 3.63) is 23.8 Å². The first-order chi connectivity index (χ1) is 7.36. The van der Waals surface area contributed by atoms with Gasteiger partial charge in [-0.05, 0) is 37.3 Å². The number of hydrogen-bond donors (Lipinski definition) is 1. The summed E-state index contributed by atoms with van der Waals surface area (Å²) in [5, 5.41) is 3.53. The summed E-state index contributed by atoms with van der Waals surface area (Å²) in [7, 11) is 1.74. The van der Waals surface area contributed by atoms with E-state index in [-0.39, 0.29) is 0 Å². The molecule has 2 rings (SSSR count). The first-order valence-corrected chi connectivity index (χ1v) is 6.53. The third-order valence-electron chi connectivity index (χ3n) is 2.87. The zero-order chi connectivity index (χ0) is 10.7. The maximum Gasteiger partial charge on any atom is 0.132 e. The van der Waals surface area contributed by atoms with Crippen LogP contribution in [0.2, 0.25) is 0 Å². The Morgan fingerprint density at radius 2 is 2.33 bits per heavy atom. The number of methoxy groups -OCH3 is 1. The number of benzene rings is 1. The molecule has 0 aliphatic carbocycles. The molecule has 1 N–H and O–H groups in total. The highest BCUT2D eigenvalue weighted by molar-refractivity contribution is 7.98. The van der Waals surface area contributed by atoms with Crippen molar-refractivity contribution in [1.82, 2.24) is 5.32 Å². The maximum atomic E-state index is 5.39. The molecule has 0 amide bonds. The van der Waals surface area contributed by atoms with E-state index in [9.17, 15) is 0 Å². The maximum absolute atomic E-state index is 5.39. The second kappa shape index (κ2) is 4.90. The van der Waals surface area contributed by atoms with E-state index in [1.165, 1.54) is 23.3 Å². The molecule has 1 fully saturated rings. The van der Waals surface area contributed by atoms with Gasteiger partial charge in [-0.15, -0.1) is 11.8 Å². The molecule has 15 heavy (non-hydrogen) atoms. The first-order valence-electron chi connectivity index (χ1n) is 5.31. The Hall–Kier alpha value is -0.670. The molecule has 3 heteroatoms. The van der Waals surface area contributed by atoms with E-state index in [1.807, 2.05) is 6.07 Å². The van der Waals surface area contributed by atoms with E-state index in [1.54, 1.807) is 18.9 Å². The van der Waals surface area contributed by atoms with E-state index in [2.05, 4.69) is 23.7 Å². The lowest BCUT2D eigenvalue weighted by Crippen LogP contribution is -2.13. The molecule has 0 bridgehead atoms. The van der Waals surface area contributed by atoms with Gasteiger partial charge in [-0.1, -0.05) is 12.1 Å². The van der Waals surface area contributed by atoms with Gasteiger partial charge in [-0.2, -0.15) is 0 Å². The van der Waals surface area contributed by atoms with Crippen molar-refractivity contribution in [2.24, 2.45) is 0 Å². The number of rotatable bonds is 3. The molecule has 2 nitrogen and oxygen atoms in total. The van der Waals surface area contributed by atoms with Crippen molar-refractivity contribution in [2.75, 3.05) is 19.9 Å². The normalized spacial score (nSPS) is 20.5. The van der Waals surface area contributed by atoms with Gasteiger partial charge in [0.05, 0.1) is 12.0 Å². The van der Waals surface area contributed by atoms with Gasteiger partial charge in [0.25, 0.3) is 0 Å². The van der Waals surface area contributed by atoms with Crippen LogP contribution in [0.4, 0.5) is 0 Å². The standard InChI is InChI=1S/C12H17NOS/c1-14-11-7-3-5-9(12(11)15-2)10-6-4-8-13-10/h3,5,7,10,13H,4,6,8H2,1-2H3. The highest BCUT2D eigenvalue weighted by Gasteiger charge is 2.20. The quantitative estimate of drug-likeness (QED) is 0.796. The van der Waals surface area contributed by atoms with Crippen molar-refractivity contribution in [1.29, 1.82) is 0 Å². The molecule has 82 valence electrons. The molecule has 1 atom stereocenters. The van der Waals surface area contributed by atoms with Crippen LogP contribution >= 0.6 is 11.8 Å². The van der Waals surface area contributed by atoms with Gasteiger partial charge in [0.2, 0.25) is 0 Å². The molecule has 0 radical (unpaired) electrons. The zero-order valence-electron chi connectivity index (χ0n) is 9.25. The van der Waals surface area contributed by atoms with Crippen LogP contribution in [0.25, 0.3) is 0 Å². The van der Waals surface area contributed by atoms with Crippen LogP contribution < -0.4 is 10.1 Å². The second-order valence-corrected chi connectivity index (χ2v) is 4.55. The summed E-state index contributed by atoms with van der Waals surface area (Å²) in [6.07, 6.45) is 4.62. The van der Waals surface area contributed by atoms with Crippen LogP contribution in [-0.4, -0.2) is 19.9 Å². The van der Waals surface area contributed by atoms with E-state index in [0.29, 0.717) is 6.04 Å². The Morgan fingerprint density at radius 1 is 1.47 bits per heavy atom. The van der Waals surface area contributed by atoms with Crippen molar-refractivity contribution in [3.8, 4) is 5.75 Å². The number of ether oxygens (including phenoxy) is 1. The Kier molecular flexibility index (Phi) is 3.54. The van der Waals surface area contributed by atoms with Gasteiger partial charge >= 0.3 is 0 Å². The van der Waals surface area contributed by atoms with E-state index in [0.717, 1.165) is 12.3 Å². The van der Waals surface area contributed by atoms with Gasteiger partial charge in [-0.3, -0.25) is 0 Å². The largest absolute Gasteiger partial charge is 0.496 e. The molecule has 0 aromatic heterocycles. The average Bonchev–Trinajstić information content (AvgIpc) is 2.81. The van der Waals surface area contributed by atoms with Crippen LogP contribution in [0.5, 0.6) is 5.75 Å². The Labute approximate surface area is 95.4 Å². The molecule has 0 spiro atoms. The first kappa shape index (κ1) is 10.8. The average molecular weight is 223 g/mol. The van der Waals surface area contributed by atoms with Crippen molar-refractivity contribution in [2.45, 2.75) is 23.8 Å². The van der Waals surface area contributed by atoms with Gasteiger partial charge in [0.1, 0.15) is 5.75 Å². The van der Waals surface area contributed by atoms with Crippen LogP contribution in [0.1, 0.15) is 24.4 Å². The molecule has 1 aliphatic rings. The van der Waals surface area contributed by atoms with Gasteiger partial charge in [0, 0.05) is 6.04 Å². The fourth-order valence-corrected chi connectivity index (χ4v) is 2.93. The minimum Gasteiger partial charge on any atom is -0.496 e. The number of nitrogens with one attached hydrogen (secondary N) is 1. The topological polar surface area (TPSA) is 21.3 Å². The van der Waals surface area contributed by atoms with Crippen LogP contribution in [0.15, 0.2) is 23.1 Å². The van der Waals surface area contributed by atoms with E-state index < -0.39 is 0 Å². The predicted molar refractivity (Wildman–Crippen MR) is 64.8 cm³/mol. The van der Waals surface area contributed by atoms with Crippen molar-refractivity contribution < 1.29 is 4.74 Å². The second-order valence-electron chi connectivity index (χ2n) is 3.73. The zero-order valence-corrected chi connectivity index (χ0v) is 10.1. The molecule has 0 saturated carbocycles. The Bertz CT molecular complexity index is 334. The predicted octanol–water partition coefficient (Wildman–Crippen LogP) is 2.84. The molecule has 1 unspecified atom stereocenters. The minimum atomic E-state index is 0.516. The summed E-state index contributed by atoms with van der Waals surface area (Å²) in [4.78, 5) is 1.28. The monoisotopic (exact) mass is 223 g/mol. The van der Waals surface area contributed by atoms with Gasteiger partial charge in [-0.25, -0.2) is 0 Å². The summed E-state index contributed by atoms with van der Waals surface area (Å²) < 4.78 is 5.39. The molecular weight excluding hydrogens is 206 g/mol. The lowest BCUT2D eigenvalue weighted by Gasteiger charge is -2.17. The fourth-order valence-electron chi connectivity index (χ4n) is 2.14. The molecule has 1 heterocycles. The molecule has 1 saturated heterocycles. The lowest BCUT2D eigenvalue weighted by atomic mass is 10.1. The third kappa shape index (κ3) is 2.13. The fraction of sp³-hybridized carbons (Fsp3) is 0.500. The molecular formula is C12H17NOS. The molecule has 1 aliphatic heterocycles. The molecule has 1 aromatic carbocycles. The summed E-state index contributed by atoms with van der Waals surface area (Å²) in [6, 6.07) is 6.83. The van der Waals surface area contributed by atoms with E-state index in [4.69, 9.17) is 4.74 Å². The van der Waals surface area contributed by atoms with Crippen LogP contribution in [0, 0.1) is 0 Å². The van der Waals surface area contributed by atoms with E-state index >= 15 is 0 Å². The summed E-state index contributed by atoms with van der Waals surface area (Å²) in [6.45, 7) is 1.13. The van der Waals surface area contributed by atoms with Gasteiger partial charge < -0.3 is 10.1 Å². The SMILES string of the molecule is COc1cccc(C2CCCN2)c1SC. The number of thioether (sulfide) groups is 1. The smallest absolute Gasteiger partial charge is 0.132 e. The highest BCUT2D eigenvalue weighted by Crippen LogP contribution is 2.36. The van der Waals surface area contributed by atoms with Crippen LogP contribution in [-0.2, 0) is 0 Å². The van der Waals surface area contributed by atoms with Crippen molar-refractivity contribution >= 4 is 11.8 Å². The van der Waals surface area contributed by atoms with Gasteiger partial charge in [0.15, 0.2) is 0 Å². The third-order valence-corrected chi connectivity index (χ3v) is 3.71. The summed E-state index contributed by atoms with van der Waals surface area (Å²) >= 11 is 1.77. The summed E-state index contributed by atoms with van der Waals surface area (Å²) in [5.41, 5.74) is 1.39. The Morgan fingerprint density at radius 3 is 2.93 bits per heavy atom. The summed E-state index contributed by atoms with van der Waals surface area (Å²) in [5.74, 6) is 0.994.